The second kappa shape index (κ2) is 5.34. The molecule has 1 fully saturated rings. The Labute approximate surface area is 103 Å². The minimum Gasteiger partial charge on any atom is -0.370 e. The van der Waals surface area contributed by atoms with Crippen molar-refractivity contribution in [1.29, 1.82) is 0 Å². The van der Waals surface area contributed by atoms with E-state index in [0.29, 0.717) is 6.04 Å². The van der Waals surface area contributed by atoms with Crippen LogP contribution in [0.15, 0.2) is 6.07 Å². The monoisotopic (exact) mass is 234 g/mol. The quantitative estimate of drug-likeness (QED) is 0.822. The molecule has 0 aromatic carbocycles. The van der Waals surface area contributed by atoms with Gasteiger partial charge in [0.2, 0.25) is 0 Å². The molecule has 2 N–H and O–H groups in total. The molecule has 4 heteroatoms. The van der Waals surface area contributed by atoms with Crippen molar-refractivity contribution in [3.05, 3.63) is 11.9 Å². The first-order chi connectivity index (χ1) is 8.19. The van der Waals surface area contributed by atoms with E-state index in [1.807, 2.05) is 13.0 Å². The SMILES string of the molecule is CCNc1cc(NC(C)C2CCC2)nc(C)n1. The maximum atomic E-state index is 4.43. The van der Waals surface area contributed by atoms with Crippen molar-refractivity contribution in [3.63, 3.8) is 0 Å². The smallest absolute Gasteiger partial charge is 0.132 e. The molecule has 1 aliphatic carbocycles. The van der Waals surface area contributed by atoms with Crippen LogP contribution in [0.25, 0.3) is 0 Å². The number of rotatable bonds is 5. The lowest BCUT2D eigenvalue weighted by Gasteiger charge is -2.32. The van der Waals surface area contributed by atoms with Crippen LogP contribution in [-0.2, 0) is 0 Å². The van der Waals surface area contributed by atoms with Gasteiger partial charge in [-0.25, -0.2) is 9.97 Å². The van der Waals surface area contributed by atoms with Gasteiger partial charge in [-0.1, -0.05) is 6.42 Å². The summed E-state index contributed by atoms with van der Waals surface area (Å²) in [6.45, 7) is 7.13. The van der Waals surface area contributed by atoms with Crippen LogP contribution in [0, 0.1) is 12.8 Å². The predicted molar refractivity (Wildman–Crippen MR) is 71.4 cm³/mol. The molecule has 0 radical (unpaired) electrons. The summed E-state index contributed by atoms with van der Waals surface area (Å²) < 4.78 is 0. The predicted octanol–water partition coefficient (Wildman–Crippen LogP) is 2.82. The Morgan fingerprint density at radius 3 is 2.65 bits per heavy atom. The second-order valence-corrected chi connectivity index (χ2v) is 4.84. The Balaban J connectivity index is 2.03. The van der Waals surface area contributed by atoms with Crippen LogP contribution in [-0.4, -0.2) is 22.6 Å². The minimum atomic E-state index is 0.507. The molecule has 1 aromatic heterocycles. The third-order valence-corrected chi connectivity index (χ3v) is 3.43. The summed E-state index contributed by atoms with van der Waals surface area (Å²) in [5.41, 5.74) is 0. The minimum absolute atomic E-state index is 0.507. The molecule has 4 nitrogen and oxygen atoms in total. The van der Waals surface area contributed by atoms with Gasteiger partial charge in [-0.3, -0.25) is 0 Å². The van der Waals surface area contributed by atoms with Gasteiger partial charge < -0.3 is 10.6 Å². The van der Waals surface area contributed by atoms with Crippen LogP contribution in [0.2, 0.25) is 0 Å². The number of aromatic nitrogens is 2. The summed E-state index contributed by atoms with van der Waals surface area (Å²) in [6.07, 6.45) is 4.07. The topological polar surface area (TPSA) is 49.8 Å². The van der Waals surface area contributed by atoms with E-state index in [4.69, 9.17) is 0 Å². The molecule has 1 aliphatic rings. The average molecular weight is 234 g/mol. The maximum absolute atomic E-state index is 4.43. The molecule has 0 saturated heterocycles. The van der Waals surface area contributed by atoms with Crippen LogP contribution in [0.1, 0.15) is 38.9 Å². The van der Waals surface area contributed by atoms with Gasteiger partial charge in [0.15, 0.2) is 0 Å². The van der Waals surface area contributed by atoms with E-state index in [-0.39, 0.29) is 0 Å². The first kappa shape index (κ1) is 12.1. The third-order valence-electron chi connectivity index (χ3n) is 3.43. The standard InChI is InChI=1S/C13H22N4/c1-4-14-12-8-13(17-10(3)16-12)15-9(2)11-6-5-7-11/h8-9,11H,4-7H2,1-3H3,(H2,14,15,16,17). The van der Waals surface area contributed by atoms with Crippen LogP contribution in [0.5, 0.6) is 0 Å². The number of aryl methyl sites for hydroxylation is 1. The van der Waals surface area contributed by atoms with Crippen molar-refractivity contribution in [1.82, 2.24) is 9.97 Å². The lowest BCUT2D eigenvalue weighted by molar-refractivity contribution is 0.285. The molecule has 17 heavy (non-hydrogen) atoms. The third kappa shape index (κ3) is 3.08. The van der Waals surface area contributed by atoms with Gasteiger partial charge in [-0.15, -0.1) is 0 Å². The van der Waals surface area contributed by atoms with Gasteiger partial charge in [-0.2, -0.15) is 0 Å². The van der Waals surface area contributed by atoms with Crippen LogP contribution in [0.3, 0.4) is 0 Å². The summed E-state index contributed by atoms with van der Waals surface area (Å²) in [4.78, 5) is 8.78. The summed E-state index contributed by atoms with van der Waals surface area (Å²) in [5, 5.41) is 6.72. The Morgan fingerprint density at radius 1 is 1.35 bits per heavy atom. The normalized spacial score (nSPS) is 17.4. The molecule has 1 atom stereocenters. The Morgan fingerprint density at radius 2 is 2.06 bits per heavy atom. The molecule has 0 aliphatic heterocycles. The van der Waals surface area contributed by atoms with E-state index in [0.717, 1.165) is 29.9 Å². The van der Waals surface area contributed by atoms with Gasteiger partial charge >= 0.3 is 0 Å². The van der Waals surface area contributed by atoms with Crippen LogP contribution >= 0.6 is 0 Å². The summed E-state index contributed by atoms with van der Waals surface area (Å²) in [6, 6.07) is 2.50. The number of hydrogen-bond donors (Lipinski definition) is 2. The average Bonchev–Trinajstić information content (AvgIpc) is 2.13. The highest BCUT2D eigenvalue weighted by Gasteiger charge is 2.24. The fourth-order valence-electron chi connectivity index (χ4n) is 2.20. The zero-order valence-corrected chi connectivity index (χ0v) is 11.0. The molecule has 1 aromatic rings. The summed E-state index contributed by atoms with van der Waals surface area (Å²) in [7, 11) is 0. The highest BCUT2D eigenvalue weighted by atomic mass is 15.1. The first-order valence-corrected chi connectivity index (χ1v) is 6.55. The van der Waals surface area contributed by atoms with Gasteiger partial charge in [0.05, 0.1) is 0 Å². The molecule has 0 bridgehead atoms. The Kier molecular flexibility index (Phi) is 3.82. The van der Waals surface area contributed by atoms with Crippen molar-refractivity contribution >= 4 is 11.6 Å². The highest BCUT2D eigenvalue weighted by molar-refractivity contribution is 5.48. The molecule has 1 heterocycles. The lowest BCUT2D eigenvalue weighted by atomic mass is 9.80. The fourth-order valence-corrected chi connectivity index (χ4v) is 2.20. The molecule has 0 spiro atoms. The zero-order valence-electron chi connectivity index (χ0n) is 11.0. The molecule has 1 unspecified atom stereocenters. The van der Waals surface area contributed by atoms with Gasteiger partial charge in [0.1, 0.15) is 17.5 Å². The lowest BCUT2D eigenvalue weighted by Crippen LogP contribution is -2.31. The van der Waals surface area contributed by atoms with E-state index >= 15 is 0 Å². The van der Waals surface area contributed by atoms with Crippen molar-refractivity contribution < 1.29 is 0 Å². The van der Waals surface area contributed by atoms with Gasteiger partial charge in [-0.05, 0) is 39.5 Å². The van der Waals surface area contributed by atoms with E-state index in [1.54, 1.807) is 0 Å². The number of hydrogen-bond acceptors (Lipinski definition) is 4. The van der Waals surface area contributed by atoms with Crippen molar-refractivity contribution in [2.45, 2.75) is 46.1 Å². The van der Waals surface area contributed by atoms with E-state index in [2.05, 4.69) is 34.4 Å². The number of nitrogens with zero attached hydrogens (tertiary/aromatic N) is 2. The van der Waals surface area contributed by atoms with Crippen LogP contribution in [0.4, 0.5) is 11.6 Å². The second-order valence-electron chi connectivity index (χ2n) is 4.84. The first-order valence-electron chi connectivity index (χ1n) is 6.55. The molecular weight excluding hydrogens is 212 g/mol. The van der Waals surface area contributed by atoms with E-state index in [1.165, 1.54) is 19.3 Å². The van der Waals surface area contributed by atoms with Crippen molar-refractivity contribution in [2.75, 3.05) is 17.2 Å². The van der Waals surface area contributed by atoms with Gasteiger partial charge in [0, 0.05) is 18.7 Å². The summed E-state index contributed by atoms with van der Waals surface area (Å²) >= 11 is 0. The molecule has 0 amide bonds. The van der Waals surface area contributed by atoms with Crippen LogP contribution < -0.4 is 10.6 Å². The molecule has 1 saturated carbocycles. The Bertz CT molecular complexity index is 374. The van der Waals surface area contributed by atoms with E-state index in [9.17, 15) is 0 Å². The largest absolute Gasteiger partial charge is 0.370 e. The molecule has 94 valence electrons. The Hall–Kier alpha value is -1.32. The zero-order chi connectivity index (χ0) is 12.3. The van der Waals surface area contributed by atoms with Crippen molar-refractivity contribution in [3.8, 4) is 0 Å². The maximum Gasteiger partial charge on any atom is 0.132 e. The van der Waals surface area contributed by atoms with Gasteiger partial charge in [0.25, 0.3) is 0 Å². The number of anilines is 2. The summed E-state index contributed by atoms with van der Waals surface area (Å²) in [5.74, 6) is 3.47. The molecular formula is C13H22N4. The highest BCUT2D eigenvalue weighted by Crippen LogP contribution is 2.30. The molecule has 2 rings (SSSR count). The van der Waals surface area contributed by atoms with E-state index < -0.39 is 0 Å². The fraction of sp³-hybridized carbons (Fsp3) is 0.692. The number of nitrogens with one attached hydrogen (secondary N) is 2. The van der Waals surface area contributed by atoms with Crippen molar-refractivity contribution in [2.24, 2.45) is 5.92 Å².